The van der Waals surface area contributed by atoms with Crippen LogP contribution in [0.3, 0.4) is 0 Å². The van der Waals surface area contributed by atoms with Crippen molar-refractivity contribution < 1.29 is 4.39 Å². The maximum absolute atomic E-state index is 13.2. The maximum Gasteiger partial charge on any atom is 0.123 e. The summed E-state index contributed by atoms with van der Waals surface area (Å²) in [5, 5.41) is 0. The minimum atomic E-state index is -0.195. The molecule has 3 aromatic rings. The van der Waals surface area contributed by atoms with Crippen LogP contribution in [0.2, 0.25) is 0 Å². The number of aryl methyl sites for hydroxylation is 1. The Morgan fingerprint density at radius 2 is 1.18 bits per heavy atom. The van der Waals surface area contributed by atoms with Crippen LogP contribution in [0.25, 0.3) is 0 Å². The summed E-state index contributed by atoms with van der Waals surface area (Å²) in [6.07, 6.45) is 1.90. The van der Waals surface area contributed by atoms with Gasteiger partial charge < -0.3 is 0 Å². The van der Waals surface area contributed by atoms with Gasteiger partial charge in [-0.15, -0.1) is 0 Å². The average Bonchev–Trinajstić information content (AvgIpc) is 2.58. The lowest BCUT2D eigenvalue weighted by Gasteiger charge is -2.17. The molecule has 109 valence electrons. The van der Waals surface area contributed by atoms with Crippen LogP contribution in [0.15, 0.2) is 84.9 Å². The zero-order chi connectivity index (χ0) is 15.2. The average molecular weight is 289 g/mol. The first kappa shape index (κ1) is 14.5. The van der Waals surface area contributed by atoms with E-state index in [4.69, 9.17) is 0 Å². The van der Waals surface area contributed by atoms with Gasteiger partial charge in [-0.25, -0.2) is 4.39 Å². The Labute approximate surface area is 131 Å². The monoisotopic (exact) mass is 289 g/mol. The van der Waals surface area contributed by atoms with Gasteiger partial charge in [0.2, 0.25) is 0 Å². The van der Waals surface area contributed by atoms with Crippen LogP contribution >= 0.6 is 0 Å². The summed E-state index contributed by atoms with van der Waals surface area (Å²) < 4.78 is 13.2. The molecule has 1 heteroatoms. The Bertz CT molecular complexity index is 687. The summed E-state index contributed by atoms with van der Waals surface area (Å²) in [6, 6.07) is 27.6. The topological polar surface area (TPSA) is 0 Å². The van der Waals surface area contributed by atoms with Crippen molar-refractivity contribution in [2.45, 2.75) is 12.8 Å². The van der Waals surface area contributed by atoms with Crippen molar-refractivity contribution in [2.24, 2.45) is 0 Å². The quantitative estimate of drug-likeness (QED) is 0.587. The number of rotatable bonds is 5. The fourth-order valence-corrected chi connectivity index (χ4v) is 2.66. The highest BCUT2D eigenvalue weighted by molar-refractivity contribution is 5.45. The number of hydrogen-bond acceptors (Lipinski definition) is 0. The van der Waals surface area contributed by atoms with Crippen molar-refractivity contribution in [1.82, 2.24) is 0 Å². The summed E-state index contributed by atoms with van der Waals surface area (Å²) in [4.78, 5) is 0. The molecule has 3 aromatic carbocycles. The molecule has 0 amide bonds. The highest BCUT2D eigenvalue weighted by atomic mass is 19.1. The Balaban J connectivity index is 1.85. The van der Waals surface area contributed by atoms with Gasteiger partial charge in [-0.3, -0.25) is 0 Å². The molecule has 3 rings (SSSR count). The van der Waals surface area contributed by atoms with Gasteiger partial charge in [0, 0.05) is 5.92 Å². The Hall–Kier alpha value is -2.41. The van der Waals surface area contributed by atoms with Gasteiger partial charge in [0.15, 0.2) is 0 Å². The first-order valence-electron chi connectivity index (χ1n) is 7.54. The minimum Gasteiger partial charge on any atom is -0.207 e. The molecule has 0 fully saturated rings. The fourth-order valence-electron chi connectivity index (χ4n) is 2.66. The first-order chi connectivity index (χ1) is 10.8. The van der Waals surface area contributed by atoms with Crippen molar-refractivity contribution in [1.29, 1.82) is 0 Å². The van der Waals surface area contributed by atoms with Crippen LogP contribution in [-0.4, -0.2) is 0 Å². The van der Waals surface area contributed by atoms with E-state index in [1.54, 1.807) is 0 Å². The molecule has 0 aliphatic rings. The van der Waals surface area contributed by atoms with E-state index in [9.17, 15) is 4.39 Å². The number of hydrogen-bond donors (Lipinski definition) is 0. The van der Waals surface area contributed by atoms with Gasteiger partial charge in [0.05, 0.1) is 0 Å². The Kier molecular flexibility index (Phi) is 4.65. The van der Waals surface area contributed by atoms with Crippen molar-refractivity contribution in [3.8, 4) is 0 Å². The van der Waals surface area contributed by atoms with E-state index >= 15 is 0 Å². The molecule has 0 atom stereocenters. The largest absolute Gasteiger partial charge is 0.207 e. The molecule has 0 saturated heterocycles. The molecule has 0 spiro atoms. The van der Waals surface area contributed by atoms with Crippen LogP contribution in [-0.2, 0) is 6.42 Å². The smallest absolute Gasteiger partial charge is 0.123 e. The molecule has 0 aliphatic heterocycles. The Morgan fingerprint density at radius 1 is 0.636 bits per heavy atom. The van der Waals surface area contributed by atoms with Crippen molar-refractivity contribution >= 4 is 0 Å². The number of benzene rings is 3. The van der Waals surface area contributed by atoms with Gasteiger partial charge in [-0.2, -0.15) is 0 Å². The summed E-state index contributed by atoms with van der Waals surface area (Å²) in [7, 11) is 0. The predicted octanol–water partition coefficient (Wildman–Crippen LogP) is 5.43. The second-order valence-electron chi connectivity index (χ2n) is 5.34. The van der Waals surface area contributed by atoms with Gasteiger partial charge >= 0.3 is 0 Å². The van der Waals surface area contributed by atoms with Crippen LogP contribution in [0.4, 0.5) is 4.39 Å². The van der Waals surface area contributed by atoms with Gasteiger partial charge in [0.25, 0.3) is 0 Å². The molecular weight excluding hydrogens is 271 g/mol. The van der Waals surface area contributed by atoms with E-state index in [0.29, 0.717) is 0 Å². The first-order valence-corrected chi connectivity index (χ1v) is 7.54. The third kappa shape index (κ3) is 3.62. The zero-order valence-corrected chi connectivity index (χ0v) is 12.4. The molecule has 0 nitrogen and oxygen atoms in total. The van der Waals surface area contributed by atoms with E-state index in [1.807, 2.05) is 36.4 Å². The zero-order valence-electron chi connectivity index (χ0n) is 12.4. The summed E-state index contributed by atoms with van der Waals surface area (Å²) in [5.74, 6) is 1.06. The summed E-state index contributed by atoms with van der Waals surface area (Å²) in [5.41, 5.74) is 3.60. The second kappa shape index (κ2) is 7.04. The maximum atomic E-state index is 13.2. The van der Waals surface area contributed by atoms with Gasteiger partial charge in [-0.05, 0) is 41.7 Å². The third-order valence-electron chi connectivity index (χ3n) is 3.82. The van der Waals surface area contributed by atoms with Crippen LogP contribution in [0, 0.1) is 11.7 Å². The molecule has 0 saturated carbocycles. The van der Waals surface area contributed by atoms with Crippen molar-refractivity contribution in [3.63, 3.8) is 0 Å². The molecule has 1 radical (unpaired) electrons. The molecule has 0 aliphatic carbocycles. The normalized spacial score (nSPS) is 10.8. The lowest BCUT2D eigenvalue weighted by atomic mass is 9.86. The Morgan fingerprint density at radius 3 is 1.82 bits per heavy atom. The molecule has 0 unspecified atom stereocenters. The molecule has 22 heavy (non-hydrogen) atoms. The molecule has 0 aromatic heterocycles. The molecule has 0 N–H and O–H groups in total. The highest BCUT2D eigenvalue weighted by Gasteiger charge is 2.15. The lowest BCUT2D eigenvalue weighted by Crippen LogP contribution is -2.04. The fraction of sp³-hybridized carbons (Fsp3) is 0.0952. The minimum absolute atomic E-state index is 0.195. The van der Waals surface area contributed by atoms with Gasteiger partial charge in [0.1, 0.15) is 5.82 Å². The highest BCUT2D eigenvalue weighted by Crippen LogP contribution is 2.28. The van der Waals surface area contributed by atoms with E-state index in [2.05, 4.69) is 36.4 Å². The molecular formula is C21H18F. The van der Waals surface area contributed by atoms with E-state index < -0.39 is 0 Å². The summed E-state index contributed by atoms with van der Waals surface area (Å²) >= 11 is 0. The summed E-state index contributed by atoms with van der Waals surface area (Å²) in [6.45, 7) is 0. The van der Waals surface area contributed by atoms with Crippen LogP contribution in [0.5, 0.6) is 0 Å². The van der Waals surface area contributed by atoms with E-state index in [0.717, 1.165) is 18.4 Å². The van der Waals surface area contributed by atoms with Crippen LogP contribution in [0.1, 0.15) is 23.1 Å². The lowest BCUT2D eigenvalue weighted by molar-refractivity contribution is 0.627. The van der Waals surface area contributed by atoms with Gasteiger partial charge in [-0.1, -0.05) is 72.8 Å². The van der Waals surface area contributed by atoms with E-state index in [-0.39, 0.29) is 5.82 Å². The number of halogens is 1. The molecule has 0 bridgehead atoms. The SMILES string of the molecule is Fc1ccc([C](CCc2ccccc2)c2ccccc2)cc1. The van der Waals surface area contributed by atoms with Crippen molar-refractivity contribution in [3.05, 3.63) is 113 Å². The van der Waals surface area contributed by atoms with Crippen LogP contribution < -0.4 is 0 Å². The third-order valence-corrected chi connectivity index (χ3v) is 3.82. The molecule has 0 heterocycles. The van der Waals surface area contributed by atoms with Crippen molar-refractivity contribution in [2.75, 3.05) is 0 Å². The predicted molar refractivity (Wildman–Crippen MR) is 89.1 cm³/mol. The second-order valence-corrected chi connectivity index (χ2v) is 5.34. The van der Waals surface area contributed by atoms with E-state index in [1.165, 1.54) is 29.2 Å². The standard InChI is InChI=1S/C21H18F/c22-20-14-12-19(13-15-20)21(18-9-5-2-6-10-18)16-11-17-7-3-1-4-8-17/h1-10,12-15H,11,16H2.